The average Bonchev–Trinajstić information content (AvgIpc) is 3.53. The van der Waals surface area contributed by atoms with Crippen LogP contribution in [0.2, 0.25) is 0 Å². The Bertz CT molecular complexity index is 3150. The summed E-state index contributed by atoms with van der Waals surface area (Å²) in [6.07, 6.45) is -33.1. The summed E-state index contributed by atoms with van der Waals surface area (Å²) in [4.78, 5) is 26.1. The lowest BCUT2D eigenvalue weighted by molar-refractivity contribution is -0.364. The summed E-state index contributed by atoms with van der Waals surface area (Å²) in [5, 5.41) is 190. The maximum Gasteiger partial charge on any atom is 0.330 e. The van der Waals surface area contributed by atoms with Crippen LogP contribution in [0.4, 0.5) is 0 Å². The number of phenols is 5. The summed E-state index contributed by atoms with van der Waals surface area (Å²) in [5.74, 6) is -5.05. The standard InChI is InChI=1S/C57H64O31/c58-18-35-41(67)45(71)49(75)54(84-35)81-32-16-26(61)15-31-27(32)17-34(52(80-31)24-5-7-25(60)8-6-24)83-57-53(48(74)44(70)38(87-57)21-79-39(65)11-3-22-1-9-28(62)30(64)13-22)88-56-51(77)47(73)43(69)37(86-56)20-78-40(66)12-4-23-2-10-29(63)33(14-23)82-55-50(76)46(72)42(68)36(19-59)85-55/h1-17,35-38,41-64,67-77H,18-21H2/p+1. The highest BCUT2D eigenvalue weighted by atomic mass is 16.8. The lowest BCUT2D eigenvalue weighted by atomic mass is 9.97. The first-order valence-electron chi connectivity index (χ1n) is 27.0. The van der Waals surface area contributed by atoms with Crippen LogP contribution in [0.1, 0.15) is 28.4 Å². The molecule has 19 N–H and O–H groups in total. The molecule has 4 aromatic rings. The largest absolute Gasteiger partial charge is 0.571 e. The molecule has 9 rings (SSSR count). The van der Waals surface area contributed by atoms with Gasteiger partial charge >= 0.3 is 11.9 Å². The number of carbonyl (C=O) groups is 2. The van der Waals surface area contributed by atoms with Gasteiger partial charge in [0, 0.05) is 24.3 Å². The molecule has 0 bridgehead atoms. The minimum atomic E-state index is -2.18. The summed E-state index contributed by atoms with van der Waals surface area (Å²) < 4.78 is 62.3. The number of hydrogen-bond acceptors (Lipinski definition) is 30. The third-order valence-electron chi connectivity index (χ3n) is 14.8. The monoisotopic (exact) mass is 1250 g/mol. The number of hydrogen-bond donors (Lipinski definition) is 18. The highest BCUT2D eigenvalue weighted by Gasteiger charge is 2.54. The Balaban J connectivity index is 0.971. The number of aliphatic hydroxyl groups is 14. The smallest absolute Gasteiger partial charge is 0.330 e. The number of benzene rings is 4. The Morgan fingerprint density at radius 2 is 0.955 bits per heavy atom. The van der Waals surface area contributed by atoms with Crippen molar-refractivity contribution in [3.05, 3.63) is 113 Å². The molecule has 21 unspecified atom stereocenters. The van der Waals surface area contributed by atoms with Crippen molar-refractivity contribution in [2.75, 3.05) is 26.4 Å². The van der Waals surface area contributed by atoms with Crippen LogP contribution in [-0.2, 0) is 47.5 Å². The Labute approximate surface area is 496 Å². The Hall–Kier alpha value is -7.48. The van der Waals surface area contributed by atoms with Crippen LogP contribution in [-0.4, -0.2) is 258 Å². The molecule has 31 heteroatoms. The van der Waals surface area contributed by atoms with Gasteiger partial charge in [-0.2, -0.15) is 0 Å². The number of fused-ring (bicyclic) bond motifs is 1. The fourth-order valence-corrected chi connectivity index (χ4v) is 9.81. The summed E-state index contributed by atoms with van der Waals surface area (Å²) in [6.45, 7) is -3.26. The molecule has 0 amide bonds. The average molecular weight is 1250 g/mol. The predicted molar refractivity (Wildman–Crippen MR) is 289 cm³/mol. The molecule has 88 heavy (non-hydrogen) atoms. The number of ether oxygens (including phenoxy) is 11. The molecule has 478 valence electrons. The summed E-state index contributed by atoms with van der Waals surface area (Å²) in [5.41, 5.74) is 0.681. The van der Waals surface area contributed by atoms with Gasteiger partial charge in [-0.25, -0.2) is 9.59 Å². The maximum atomic E-state index is 13.1. The van der Waals surface area contributed by atoms with Gasteiger partial charge in [0.15, 0.2) is 41.2 Å². The molecule has 0 radical (unpaired) electrons. The zero-order valence-electron chi connectivity index (χ0n) is 45.7. The second-order valence-corrected chi connectivity index (χ2v) is 20.8. The van der Waals surface area contributed by atoms with Gasteiger partial charge < -0.3 is 144 Å². The number of phenolic OH excluding ortho intramolecular Hbond substituents is 5. The zero-order chi connectivity index (χ0) is 63.4. The first-order valence-corrected chi connectivity index (χ1v) is 27.0. The minimum absolute atomic E-state index is 0.0130. The third kappa shape index (κ3) is 14.5. The van der Waals surface area contributed by atoms with Gasteiger partial charge in [-0.3, -0.25) is 0 Å². The number of esters is 2. The molecule has 31 nitrogen and oxygen atoms in total. The predicted octanol–water partition coefficient (Wildman–Crippen LogP) is -3.92. The van der Waals surface area contributed by atoms with Crippen molar-refractivity contribution in [1.82, 2.24) is 0 Å². The third-order valence-corrected chi connectivity index (χ3v) is 14.8. The van der Waals surface area contributed by atoms with E-state index in [1.54, 1.807) is 0 Å². The zero-order valence-corrected chi connectivity index (χ0v) is 45.7. The lowest BCUT2D eigenvalue weighted by Crippen LogP contribution is -2.64. The first kappa shape index (κ1) is 65.0. The second-order valence-electron chi connectivity index (χ2n) is 20.8. The summed E-state index contributed by atoms with van der Waals surface area (Å²) in [6, 6.07) is 15.0. The van der Waals surface area contributed by atoms with Gasteiger partial charge in [0.05, 0.1) is 24.8 Å². The molecular formula is C57H65O31+. The van der Waals surface area contributed by atoms with Crippen molar-refractivity contribution < 1.29 is 154 Å². The SMILES string of the molecule is O=C(C=Cc1ccc(O)c(OC2OC(CO)C(O)C(O)C2O)c1)OCC1OC(OC2C(OC3=Cc4c(OC5OC(CO)C(O)C(O)C5O)cc(O)cc4[OH+]C3c3ccc(O)cc3)OC(COC(=O)C=Cc3ccc(O)c(O)c3)C(O)C2O)C(O)C(O)C1O. The van der Waals surface area contributed by atoms with Gasteiger partial charge in [0.2, 0.25) is 18.9 Å². The molecule has 4 aromatic carbocycles. The van der Waals surface area contributed by atoms with Gasteiger partial charge in [-0.15, -0.1) is 0 Å². The van der Waals surface area contributed by atoms with Crippen molar-refractivity contribution in [3.8, 4) is 46.0 Å². The number of aliphatic hydroxyl groups excluding tert-OH is 13. The van der Waals surface area contributed by atoms with E-state index in [1.807, 2.05) is 0 Å². The topological polar surface area (TPSA) is 503 Å². The van der Waals surface area contributed by atoms with Crippen molar-refractivity contribution in [3.63, 3.8) is 0 Å². The van der Waals surface area contributed by atoms with Crippen LogP contribution in [0.25, 0.3) is 18.2 Å². The van der Waals surface area contributed by atoms with E-state index >= 15 is 0 Å². The Kier molecular flexibility index (Phi) is 20.6. The molecule has 0 saturated carbocycles. The van der Waals surface area contributed by atoms with Crippen molar-refractivity contribution >= 4 is 30.2 Å². The van der Waals surface area contributed by atoms with Crippen LogP contribution in [0.15, 0.2) is 90.7 Å². The number of aromatic hydroxyl groups is 6. The second kappa shape index (κ2) is 27.9. The van der Waals surface area contributed by atoms with Crippen molar-refractivity contribution in [2.24, 2.45) is 0 Å². The Morgan fingerprint density at radius 3 is 1.51 bits per heavy atom. The van der Waals surface area contributed by atoms with Crippen LogP contribution >= 0.6 is 0 Å². The van der Waals surface area contributed by atoms with Crippen LogP contribution in [0, 0.1) is 0 Å². The van der Waals surface area contributed by atoms with Gasteiger partial charge in [-0.1, -0.05) is 12.1 Å². The van der Waals surface area contributed by atoms with Crippen LogP contribution < -0.4 is 9.47 Å². The van der Waals surface area contributed by atoms with E-state index in [4.69, 9.17) is 52.1 Å². The maximum absolute atomic E-state index is 13.1. The number of carbonyl (C=O) groups excluding carboxylic acids is 2. The highest BCUT2D eigenvalue weighted by molar-refractivity contribution is 5.87. The molecule has 4 saturated heterocycles. The highest BCUT2D eigenvalue weighted by Crippen LogP contribution is 2.47. The van der Waals surface area contributed by atoms with E-state index in [0.29, 0.717) is 0 Å². The minimum Gasteiger partial charge on any atom is -0.571 e. The summed E-state index contributed by atoms with van der Waals surface area (Å²) in [7, 11) is 0. The molecule has 0 aliphatic carbocycles. The molecule has 5 aliphatic heterocycles. The molecule has 4 fully saturated rings. The fourth-order valence-electron chi connectivity index (χ4n) is 9.81. The number of rotatable bonds is 19. The molecule has 5 aliphatic rings. The molecule has 0 spiro atoms. The van der Waals surface area contributed by atoms with E-state index in [2.05, 4.69) is 0 Å². The Morgan fingerprint density at radius 1 is 0.466 bits per heavy atom. The van der Waals surface area contributed by atoms with Crippen LogP contribution in [0.3, 0.4) is 0 Å². The van der Waals surface area contributed by atoms with Crippen LogP contribution in [0.5, 0.6) is 46.0 Å². The molecular weight excluding hydrogens is 1180 g/mol. The fraction of sp³-hybridized carbons (Fsp3) is 0.439. The van der Waals surface area contributed by atoms with E-state index in [9.17, 15) is 102 Å². The molecule has 5 heterocycles. The van der Waals surface area contributed by atoms with E-state index in [-0.39, 0.29) is 51.0 Å². The normalized spacial score (nSPS) is 34.1. The van der Waals surface area contributed by atoms with E-state index in [1.165, 1.54) is 66.8 Å². The molecule has 0 aromatic heterocycles. The van der Waals surface area contributed by atoms with E-state index < -0.39 is 190 Å². The quantitative estimate of drug-likeness (QED) is 0.0185. The van der Waals surface area contributed by atoms with Crippen molar-refractivity contribution in [2.45, 2.75) is 129 Å². The lowest BCUT2D eigenvalue weighted by Gasteiger charge is -2.46. The summed E-state index contributed by atoms with van der Waals surface area (Å²) >= 11 is 0. The van der Waals surface area contributed by atoms with Gasteiger partial charge in [-0.05, 0) is 71.8 Å². The van der Waals surface area contributed by atoms with E-state index in [0.717, 1.165) is 36.4 Å². The first-order chi connectivity index (χ1) is 41.9. The van der Waals surface area contributed by atoms with Gasteiger partial charge in [0.25, 0.3) is 11.9 Å². The van der Waals surface area contributed by atoms with Gasteiger partial charge in [0.1, 0.15) is 128 Å². The van der Waals surface area contributed by atoms with Crippen molar-refractivity contribution in [1.29, 1.82) is 0 Å². The molecule has 21 atom stereocenters.